The molecule has 10 nitrogen and oxygen atoms in total. The van der Waals surface area contributed by atoms with Gasteiger partial charge in [-0.05, 0) is 43.0 Å². The normalized spacial score (nSPS) is 25.6. The standard InChI is InChI=1S/C26H31ClO10/c1-14(28)33-13-22-24(34-15(2)29)26(36-17(4)31)25(35-16(3)30)23(37-22)19-5-6-21(27)20(12-19)11-18-7-9-32-10-8-18/h5-6,11-13,15,23-26,29H,7-10H2,1-4H3/b22-13-/t15?,23-,24+,25-,26-/m0/s1. The van der Waals surface area contributed by atoms with Crippen LogP contribution in [0.3, 0.4) is 0 Å². The zero-order valence-corrected chi connectivity index (χ0v) is 21.9. The summed E-state index contributed by atoms with van der Waals surface area (Å²) in [5, 5.41) is 10.4. The van der Waals surface area contributed by atoms with Crippen LogP contribution in [-0.4, -0.2) is 60.8 Å². The molecule has 2 heterocycles. The molecule has 11 heteroatoms. The average Bonchev–Trinajstić information content (AvgIpc) is 2.82. The van der Waals surface area contributed by atoms with Gasteiger partial charge in [-0.2, -0.15) is 0 Å². The van der Waals surface area contributed by atoms with Crippen LogP contribution in [0.25, 0.3) is 6.08 Å². The van der Waals surface area contributed by atoms with Crippen LogP contribution in [0.4, 0.5) is 0 Å². The molecule has 2 fully saturated rings. The van der Waals surface area contributed by atoms with E-state index in [1.807, 2.05) is 6.08 Å². The first kappa shape index (κ1) is 28.6. The van der Waals surface area contributed by atoms with Crippen LogP contribution in [0.2, 0.25) is 5.02 Å². The van der Waals surface area contributed by atoms with E-state index in [0.717, 1.165) is 24.7 Å². The zero-order valence-electron chi connectivity index (χ0n) is 21.1. The van der Waals surface area contributed by atoms with Gasteiger partial charge in [-0.25, -0.2) is 0 Å². The third-order valence-electron chi connectivity index (χ3n) is 5.60. The third kappa shape index (κ3) is 8.03. The van der Waals surface area contributed by atoms with Gasteiger partial charge in [0.15, 0.2) is 36.5 Å². The van der Waals surface area contributed by atoms with E-state index in [2.05, 4.69) is 0 Å². The van der Waals surface area contributed by atoms with Gasteiger partial charge >= 0.3 is 17.9 Å². The Kier molecular flexibility index (Phi) is 10.1. The molecule has 2 aliphatic rings. The van der Waals surface area contributed by atoms with Gasteiger partial charge in [0, 0.05) is 25.8 Å². The lowest BCUT2D eigenvalue weighted by Crippen LogP contribution is -2.53. The smallest absolute Gasteiger partial charge is 0.307 e. The summed E-state index contributed by atoms with van der Waals surface area (Å²) in [5.41, 5.74) is 2.44. The SMILES string of the molecule is CC(=O)O/C=C1\O[C@@H](c2ccc(Cl)c(C=C3CCOCC3)c2)[C@H](OC(C)=O)[C@@H](OC(C)=O)[C@@H]1OC(C)O. The molecular formula is C26H31ClO10. The summed E-state index contributed by atoms with van der Waals surface area (Å²) in [5.74, 6) is -2.02. The maximum atomic E-state index is 12.1. The van der Waals surface area contributed by atoms with Gasteiger partial charge in [0.1, 0.15) is 6.26 Å². The first-order valence-corrected chi connectivity index (χ1v) is 12.2. The van der Waals surface area contributed by atoms with Crippen molar-refractivity contribution in [3.05, 3.63) is 51.9 Å². The van der Waals surface area contributed by atoms with Crippen LogP contribution in [-0.2, 0) is 42.8 Å². The van der Waals surface area contributed by atoms with E-state index in [0.29, 0.717) is 23.8 Å². The van der Waals surface area contributed by atoms with Crippen LogP contribution in [0.15, 0.2) is 35.8 Å². The van der Waals surface area contributed by atoms with Crippen molar-refractivity contribution >= 4 is 35.6 Å². The van der Waals surface area contributed by atoms with Crippen LogP contribution in [0.1, 0.15) is 57.8 Å². The summed E-state index contributed by atoms with van der Waals surface area (Å²) in [6, 6.07) is 5.17. The molecule has 0 radical (unpaired) electrons. The van der Waals surface area contributed by atoms with Crippen molar-refractivity contribution in [1.82, 2.24) is 0 Å². The maximum absolute atomic E-state index is 12.1. The summed E-state index contributed by atoms with van der Waals surface area (Å²) in [6.45, 7) is 6.19. The third-order valence-corrected chi connectivity index (χ3v) is 5.94. The van der Waals surface area contributed by atoms with E-state index in [9.17, 15) is 19.5 Å². The van der Waals surface area contributed by atoms with Gasteiger partial charge in [0.25, 0.3) is 0 Å². The number of ether oxygens (including phenoxy) is 6. The minimum Gasteiger partial charge on any atom is -0.480 e. The lowest BCUT2D eigenvalue weighted by Gasteiger charge is -2.42. The Morgan fingerprint density at radius 3 is 2.30 bits per heavy atom. The van der Waals surface area contributed by atoms with Crippen LogP contribution in [0.5, 0.6) is 0 Å². The highest BCUT2D eigenvalue weighted by Crippen LogP contribution is 2.40. The quantitative estimate of drug-likeness (QED) is 0.238. The zero-order chi connectivity index (χ0) is 27.1. The second-order valence-corrected chi connectivity index (χ2v) is 9.08. The molecule has 0 aromatic heterocycles. The Morgan fingerprint density at radius 2 is 1.70 bits per heavy atom. The fourth-order valence-corrected chi connectivity index (χ4v) is 4.30. The monoisotopic (exact) mass is 538 g/mol. The number of rotatable bonds is 7. The molecule has 0 aliphatic carbocycles. The molecule has 1 unspecified atom stereocenters. The van der Waals surface area contributed by atoms with Crippen molar-refractivity contribution in [1.29, 1.82) is 0 Å². The second-order valence-electron chi connectivity index (χ2n) is 8.67. The minimum absolute atomic E-state index is 0.0463. The Bertz CT molecular complexity index is 1060. The number of carbonyl (C=O) groups excluding carboxylic acids is 3. The van der Waals surface area contributed by atoms with Crippen molar-refractivity contribution < 1.29 is 47.9 Å². The maximum Gasteiger partial charge on any atom is 0.307 e. The molecule has 1 N–H and O–H groups in total. The molecule has 37 heavy (non-hydrogen) atoms. The Balaban J connectivity index is 2.10. The van der Waals surface area contributed by atoms with Crippen molar-refractivity contribution in [2.75, 3.05) is 13.2 Å². The van der Waals surface area contributed by atoms with E-state index in [1.165, 1.54) is 33.3 Å². The number of aliphatic hydroxyl groups is 1. The number of esters is 3. The number of benzene rings is 1. The lowest BCUT2D eigenvalue weighted by atomic mass is 9.91. The summed E-state index contributed by atoms with van der Waals surface area (Å²) in [7, 11) is 0. The van der Waals surface area contributed by atoms with E-state index in [4.69, 9.17) is 40.0 Å². The lowest BCUT2D eigenvalue weighted by molar-refractivity contribution is -0.233. The Labute approximate surface area is 220 Å². The number of carbonyl (C=O) groups is 3. The molecule has 0 saturated carbocycles. The minimum atomic E-state index is -1.32. The highest BCUT2D eigenvalue weighted by molar-refractivity contribution is 6.32. The highest BCUT2D eigenvalue weighted by Gasteiger charge is 2.50. The largest absolute Gasteiger partial charge is 0.480 e. The molecule has 1 aromatic carbocycles. The molecule has 5 atom stereocenters. The second kappa shape index (κ2) is 13.0. The molecular weight excluding hydrogens is 508 g/mol. The van der Waals surface area contributed by atoms with Crippen LogP contribution >= 0.6 is 11.6 Å². The fraction of sp³-hybridized carbons (Fsp3) is 0.500. The van der Waals surface area contributed by atoms with E-state index in [1.54, 1.807) is 18.2 Å². The molecule has 202 valence electrons. The van der Waals surface area contributed by atoms with Gasteiger partial charge in [0.2, 0.25) is 0 Å². The van der Waals surface area contributed by atoms with Gasteiger partial charge in [-0.15, -0.1) is 0 Å². The summed E-state index contributed by atoms with van der Waals surface area (Å²) >= 11 is 6.48. The molecule has 2 saturated heterocycles. The molecule has 3 rings (SSSR count). The Hall–Kier alpha value is -2.92. The number of hydrogen-bond acceptors (Lipinski definition) is 10. The first-order chi connectivity index (χ1) is 17.5. The van der Waals surface area contributed by atoms with Gasteiger partial charge < -0.3 is 33.5 Å². The molecule has 0 spiro atoms. The fourth-order valence-electron chi connectivity index (χ4n) is 4.13. The average molecular weight is 539 g/mol. The van der Waals surface area contributed by atoms with Crippen LogP contribution in [0, 0.1) is 0 Å². The molecule has 1 aromatic rings. The summed E-state index contributed by atoms with van der Waals surface area (Å²) in [4.78, 5) is 35.7. The van der Waals surface area contributed by atoms with Gasteiger partial charge in [-0.1, -0.05) is 29.3 Å². The molecule has 0 bridgehead atoms. The van der Waals surface area contributed by atoms with Crippen molar-refractivity contribution in [2.24, 2.45) is 0 Å². The topological polar surface area (TPSA) is 127 Å². The van der Waals surface area contributed by atoms with E-state index >= 15 is 0 Å². The predicted molar refractivity (Wildman–Crippen MR) is 131 cm³/mol. The van der Waals surface area contributed by atoms with Crippen LogP contribution < -0.4 is 0 Å². The molecule has 0 amide bonds. The van der Waals surface area contributed by atoms with Crippen molar-refractivity contribution in [2.45, 2.75) is 71.2 Å². The van der Waals surface area contributed by atoms with Gasteiger partial charge in [-0.3, -0.25) is 14.4 Å². The molecule has 2 aliphatic heterocycles. The first-order valence-electron chi connectivity index (χ1n) is 11.8. The number of aliphatic hydroxyl groups excluding tert-OH is 1. The van der Waals surface area contributed by atoms with E-state index < -0.39 is 48.6 Å². The Morgan fingerprint density at radius 1 is 1.05 bits per heavy atom. The van der Waals surface area contributed by atoms with Crippen molar-refractivity contribution in [3.63, 3.8) is 0 Å². The predicted octanol–water partition coefficient (Wildman–Crippen LogP) is 3.60. The van der Waals surface area contributed by atoms with E-state index in [-0.39, 0.29) is 5.76 Å². The summed E-state index contributed by atoms with van der Waals surface area (Å²) in [6.07, 6.45) is -1.45. The summed E-state index contributed by atoms with van der Waals surface area (Å²) < 4.78 is 33.2. The number of hydrogen-bond donors (Lipinski definition) is 1. The van der Waals surface area contributed by atoms with Crippen molar-refractivity contribution in [3.8, 4) is 0 Å². The van der Waals surface area contributed by atoms with Gasteiger partial charge in [0.05, 0.1) is 13.2 Å². The highest BCUT2D eigenvalue weighted by atomic mass is 35.5. The number of halogens is 1.